The van der Waals surface area contributed by atoms with Gasteiger partial charge in [0.25, 0.3) is 11.8 Å². The summed E-state index contributed by atoms with van der Waals surface area (Å²) in [5, 5.41) is 0. The molecule has 0 aliphatic carbocycles. The van der Waals surface area contributed by atoms with E-state index in [0.29, 0.717) is 11.4 Å². The number of hydrogen-bond donors (Lipinski definition) is 0. The second-order valence-corrected chi connectivity index (χ2v) is 8.02. The number of nitrogens with zero attached hydrogens (tertiary/aromatic N) is 3. The van der Waals surface area contributed by atoms with Gasteiger partial charge >= 0.3 is 0 Å². The maximum Gasteiger partial charge on any atom is 0.257 e. The van der Waals surface area contributed by atoms with Crippen LogP contribution in [0.4, 0.5) is 14.5 Å². The highest BCUT2D eigenvalue weighted by molar-refractivity contribution is 5.97. The fourth-order valence-corrected chi connectivity index (χ4v) is 3.95. The lowest BCUT2D eigenvalue weighted by Crippen LogP contribution is -2.60. The zero-order chi connectivity index (χ0) is 22.9. The number of carbonyl (C=O) groups excluding carboxylic acids is 2. The summed E-state index contributed by atoms with van der Waals surface area (Å²) in [6.07, 6.45) is 0. The van der Waals surface area contributed by atoms with Crippen LogP contribution in [0, 0.1) is 11.6 Å². The van der Waals surface area contributed by atoms with Gasteiger partial charge in [-0.3, -0.25) is 9.59 Å². The molecule has 0 N–H and O–H groups in total. The van der Waals surface area contributed by atoms with Crippen molar-refractivity contribution in [2.24, 2.45) is 0 Å². The van der Waals surface area contributed by atoms with Crippen molar-refractivity contribution in [3.63, 3.8) is 0 Å². The Morgan fingerprint density at radius 2 is 1.48 bits per heavy atom. The zero-order valence-electron chi connectivity index (χ0n) is 18.4. The Labute approximate surface area is 181 Å². The molecule has 1 aliphatic heterocycles. The number of anilines is 1. The quantitative estimate of drug-likeness (QED) is 0.745. The van der Waals surface area contributed by atoms with E-state index in [1.165, 1.54) is 42.3 Å². The third-order valence-corrected chi connectivity index (χ3v) is 5.55. The van der Waals surface area contributed by atoms with Crippen molar-refractivity contribution in [2.75, 3.05) is 39.2 Å². The summed E-state index contributed by atoms with van der Waals surface area (Å²) in [6, 6.07) is 7.86. The molecule has 0 unspecified atom stereocenters. The highest BCUT2D eigenvalue weighted by atomic mass is 19.1. The Bertz CT molecular complexity index is 984. The van der Waals surface area contributed by atoms with Crippen molar-refractivity contribution in [3.8, 4) is 5.75 Å². The SMILES string of the molecule is COc1ccc(C(=O)N2[C@H](C)CN(C(=O)c3ccc(N(C)C)cc3F)C[C@H]2C)c(F)c1. The van der Waals surface area contributed by atoms with E-state index in [0.717, 1.165) is 0 Å². The van der Waals surface area contributed by atoms with Crippen LogP contribution in [-0.4, -0.2) is 68.0 Å². The van der Waals surface area contributed by atoms with Gasteiger partial charge in [-0.05, 0) is 44.2 Å². The van der Waals surface area contributed by atoms with Gasteiger partial charge < -0.3 is 19.4 Å². The molecule has 1 aliphatic rings. The summed E-state index contributed by atoms with van der Waals surface area (Å²) in [5.41, 5.74) is 0.600. The first-order chi connectivity index (χ1) is 14.6. The van der Waals surface area contributed by atoms with Gasteiger partial charge in [-0.15, -0.1) is 0 Å². The molecule has 0 aromatic heterocycles. The first-order valence-electron chi connectivity index (χ1n) is 10.1. The molecule has 166 valence electrons. The van der Waals surface area contributed by atoms with Crippen molar-refractivity contribution < 1.29 is 23.1 Å². The number of carbonyl (C=O) groups is 2. The van der Waals surface area contributed by atoms with Crippen LogP contribution < -0.4 is 9.64 Å². The Morgan fingerprint density at radius 1 is 0.935 bits per heavy atom. The molecule has 2 atom stereocenters. The molecule has 8 heteroatoms. The van der Waals surface area contributed by atoms with E-state index in [1.54, 1.807) is 43.8 Å². The Hall–Kier alpha value is -3.16. The molecule has 31 heavy (non-hydrogen) atoms. The van der Waals surface area contributed by atoms with E-state index in [4.69, 9.17) is 4.74 Å². The standard InChI is InChI=1S/C23H27F2N3O3/c1-14-12-27(22(29)18-8-6-16(26(3)4)10-20(18)24)13-15(2)28(14)23(30)19-9-7-17(31-5)11-21(19)25/h6-11,14-15H,12-13H2,1-5H3/t14-,15-/m1/s1. The number of ether oxygens (including phenoxy) is 1. The van der Waals surface area contributed by atoms with E-state index in [1.807, 2.05) is 0 Å². The summed E-state index contributed by atoms with van der Waals surface area (Å²) in [7, 11) is 5.01. The van der Waals surface area contributed by atoms with Crippen molar-refractivity contribution in [1.29, 1.82) is 0 Å². The van der Waals surface area contributed by atoms with E-state index < -0.39 is 23.4 Å². The predicted octanol–water partition coefficient (Wildman–Crippen LogP) is 3.41. The molecule has 0 spiro atoms. The average Bonchev–Trinajstić information content (AvgIpc) is 2.72. The largest absolute Gasteiger partial charge is 0.497 e. The summed E-state index contributed by atoms with van der Waals surface area (Å²) >= 11 is 0. The van der Waals surface area contributed by atoms with Crippen LogP contribution in [-0.2, 0) is 0 Å². The topological polar surface area (TPSA) is 53.1 Å². The molecular formula is C23H27F2N3O3. The lowest BCUT2D eigenvalue weighted by Gasteiger charge is -2.44. The maximum absolute atomic E-state index is 14.6. The number of rotatable bonds is 4. The van der Waals surface area contributed by atoms with Crippen molar-refractivity contribution >= 4 is 17.5 Å². The Kier molecular flexibility index (Phi) is 6.48. The van der Waals surface area contributed by atoms with E-state index in [9.17, 15) is 18.4 Å². The van der Waals surface area contributed by atoms with Crippen LogP contribution in [0.15, 0.2) is 36.4 Å². The molecule has 0 bridgehead atoms. The summed E-state index contributed by atoms with van der Waals surface area (Å²) in [6.45, 7) is 4.03. The maximum atomic E-state index is 14.6. The molecule has 2 amide bonds. The molecule has 2 aromatic carbocycles. The van der Waals surface area contributed by atoms with Gasteiger partial charge in [0.1, 0.15) is 17.4 Å². The molecule has 1 heterocycles. The number of methoxy groups -OCH3 is 1. The second-order valence-electron chi connectivity index (χ2n) is 8.02. The van der Waals surface area contributed by atoms with Crippen LogP contribution in [0.25, 0.3) is 0 Å². The van der Waals surface area contributed by atoms with Gasteiger partial charge in [-0.1, -0.05) is 0 Å². The van der Waals surface area contributed by atoms with Gasteiger partial charge in [0.15, 0.2) is 0 Å². The van der Waals surface area contributed by atoms with Gasteiger partial charge in [-0.2, -0.15) is 0 Å². The third-order valence-electron chi connectivity index (χ3n) is 5.55. The van der Waals surface area contributed by atoms with Crippen molar-refractivity contribution in [1.82, 2.24) is 9.80 Å². The minimum atomic E-state index is -0.662. The van der Waals surface area contributed by atoms with Crippen LogP contribution >= 0.6 is 0 Å². The smallest absolute Gasteiger partial charge is 0.257 e. The highest BCUT2D eigenvalue weighted by Gasteiger charge is 2.36. The fourth-order valence-electron chi connectivity index (χ4n) is 3.95. The predicted molar refractivity (Wildman–Crippen MR) is 115 cm³/mol. The molecule has 1 fully saturated rings. The fraction of sp³-hybridized carbons (Fsp3) is 0.391. The molecule has 2 aromatic rings. The lowest BCUT2D eigenvalue weighted by atomic mass is 10.0. The third kappa shape index (κ3) is 4.47. The highest BCUT2D eigenvalue weighted by Crippen LogP contribution is 2.25. The van der Waals surface area contributed by atoms with Crippen LogP contribution in [0.1, 0.15) is 34.6 Å². The summed E-state index contributed by atoms with van der Waals surface area (Å²) < 4.78 is 34.0. The van der Waals surface area contributed by atoms with Crippen molar-refractivity contribution in [2.45, 2.75) is 25.9 Å². The molecular weight excluding hydrogens is 404 g/mol. The molecule has 0 radical (unpaired) electrons. The summed E-state index contributed by atoms with van der Waals surface area (Å²) in [4.78, 5) is 30.8. The van der Waals surface area contributed by atoms with E-state index in [-0.39, 0.29) is 36.3 Å². The minimum absolute atomic E-state index is 0.00836. The molecule has 3 rings (SSSR count). The van der Waals surface area contributed by atoms with Gasteiger partial charge in [0.2, 0.25) is 0 Å². The number of amides is 2. The first kappa shape index (κ1) is 22.5. The Balaban J connectivity index is 1.78. The first-order valence-corrected chi connectivity index (χ1v) is 10.1. The van der Waals surface area contributed by atoms with Crippen LogP contribution in [0.2, 0.25) is 0 Å². The van der Waals surface area contributed by atoms with E-state index in [2.05, 4.69) is 0 Å². The number of benzene rings is 2. The lowest BCUT2D eigenvalue weighted by molar-refractivity contribution is 0.0249. The van der Waals surface area contributed by atoms with Gasteiger partial charge in [-0.25, -0.2) is 8.78 Å². The molecule has 1 saturated heterocycles. The summed E-state index contributed by atoms with van der Waals surface area (Å²) in [5.74, 6) is -1.80. The van der Waals surface area contributed by atoms with Crippen LogP contribution in [0.5, 0.6) is 5.75 Å². The van der Waals surface area contributed by atoms with E-state index >= 15 is 0 Å². The number of halogens is 2. The normalized spacial score (nSPS) is 18.7. The minimum Gasteiger partial charge on any atom is -0.497 e. The average molecular weight is 431 g/mol. The molecule has 6 nitrogen and oxygen atoms in total. The van der Waals surface area contributed by atoms with Crippen LogP contribution in [0.3, 0.4) is 0 Å². The van der Waals surface area contributed by atoms with Crippen molar-refractivity contribution in [3.05, 3.63) is 59.2 Å². The second kappa shape index (κ2) is 8.91. The monoisotopic (exact) mass is 431 g/mol. The Morgan fingerprint density at radius 3 is 2.00 bits per heavy atom. The number of hydrogen-bond acceptors (Lipinski definition) is 4. The molecule has 0 saturated carbocycles. The van der Waals surface area contributed by atoms with Gasteiger partial charge in [0, 0.05) is 51.0 Å². The van der Waals surface area contributed by atoms with Gasteiger partial charge in [0.05, 0.1) is 18.2 Å². The number of piperazine rings is 1. The zero-order valence-corrected chi connectivity index (χ0v) is 18.4.